The van der Waals surface area contributed by atoms with Crippen molar-refractivity contribution < 1.29 is 19.1 Å². The van der Waals surface area contributed by atoms with E-state index in [1.165, 1.54) is 0 Å². The maximum atomic E-state index is 13.9. The summed E-state index contributed by atoms with van der Waals surface area (Å²) in [7, 11) is 0. The number of aromatic nitrogens is 2. The van der Waals surface area contributed by atoms with Gasteiger partial charge in [0, 0.05) is 13.0 Å². The molecule has 3 fully saturated rings. The number of carbonyl (C=O) groups excluding carboxylic acids is 2. The number of H-pyrrole nitrogens is 1. The van der Waals surface area contributed by atoms with E-state index in [0.717, 1.165) is 48.3 Å². The summed E-state index contributed by atoms with van der Waals surface area (Å²) in [5.74, 6) is 1.05. The summed E-state index contributed by atoms with van der Waals surface area (Å²) in [6.07, 6.45) is 5.84. The van der Waals surface area contributed by atoms with E-state index >= 15 is 0 Å². The van der Waals surface area contributed by atoms with Crippen molar-refractivity contribution in [2.75, 3.05) is 19.8 Å². The lowest BCUT2D eigenvalue weighted by molar-refractivity contribution is -0.138. The first-order chi connectivity index (χ1) is 18.7. The first kappa shape index (κ1) is 24.8. The molecule has 1 saturated carbocycles. The van der Waals surface area contributed by atoms with E-state index < -0.39 is 6.04 Å². The van der Waals surface area contributed by atoms with Crippen LogP contribution in [-0.4, -0.2) is 46.4 Å². The first-order valence-electron chi connectivity index (χ1n) is 13.6. The average Bonchev–Trinajstić information content (AvgIpc) is 3.42. The second-order valence-corrected chi connectivity index (χ2v) is 10.5. The Bertz CT molecular complexity index is 1240. The lowest BCUT2D eigenvalue weighted by Crippen LogP contribution is -2.43. The number of imidazole rings is 1. The fourth-order valence-corrected chi connectivity index (χ4v) is 5.45. The molecular formula is C30H34N4O4. The van der Waals surface area contributed by atoms with Crippen molar-refractivity contribution in [3.63, 3.8) is 0 Å². The van der Waals surface area contributed by atoms with Crippen LogP contribution >= 0.6 is 0 Å². The van der Waals surface area contributed by atoms with Crippen LogP contribution in [0.3, 0.4) is 0 Å². The molecule has 0 spiro atoms. The third-order valence-electron chi connectivity index (χ3n) is 7.74. The van der Waals surface area contributed by atoms with E-state index in [4.69, 9.17) is 9.47 Å². The predicted octanol–water partition coefficient (Wildman–Crippen LogP) is 4.56. The molecule has 38 heavy (non-hydrogen) atoms. The fraction of sp³-hybridized carbons (Fsp3) is 0.433. The van der Waals surface area contributed by atoms with Gasteiger partial charge >= 0.3 is 0 Å². The van der Waals surface area contributed by atoms with Crippen molar-refractivity contribution in [3.05, 3.63) is 89.5 Å². The zero-order chi connectivity index (χ0) is 25.9. The van der Waals surface area contributed by atoms with Crippen LogP contribution < -0.4 is 5.32 Å². The first-order valence-corrected chi connectivity index (χ1v) is 13.6. The van der Waals surface area contributed by atoms with E-state index in [9.17, 15) is 9.59 Å². The molecule has 8 nitrogen and oxygen atoms in total. The molecule has 3 heterocycles. The van der Waals surface area contributed by atoms with Crippen LogP contribution in [0.1, 0.15) is 79.0 Å². The van der Waals surface area contributed by atoms with Crippen molar-refractivity contribution in [2.24, 2.45) is 5.92 Å². The van der Waals surface area contributed by atoms with Gasteiger partial charge in [0.2, 0.25) is 11.8 Å². The third kappa shape index (κ3) is 5.51. The number of benzene rings is 2. The Balaban J connectivity index is 1.14. The number of nitrogens with zero attached hydrogens (tertiary/aromatic N) is 2. The quantitative estimate of drug-likeness (QED) is 0.459. The van der Waals surface area contributed by atoms with Gasteiger partial charge in [0.15, 0.2) is 0 Å². The maximum absolute atomic E-state index is 13.9. The van der Waals surface area contributed by atoms with Crippen LogP contribution in [0.2, 0.25) is 0 Å². The molecule has 2 N–H and O–H groups in total. The minimum absolute atomic E-state index is 0.0611. The van der Waals surface area contributed by atoms with E-state index in [1.807, 2.05) is 65.6 Å². The number of hydrogen-bond acceptors (Lipinski definition) is 5. The normalized spacial score (nSPS) is 24.2. The van der Waals surface area contributed by atoms with Crippen LogP contribution in [0.5, 0.6) is 0 Å². The van der Waals surface area contributed by atoms with Crippen molar-refractivity contribution in [1.82, 2.24) is 20.2 Å². The molecular weight excluding hydrogens is 480 g/mol. The smallest absolute Gasteiger partial charge is 0.250 e. The molecule has 3 aromatic rings. The highest BCUT2D eigenvalue weighted by atomic mass is 16.6. The van der Waals surface area contributed by atoms with Gasteiger partial charge in [-0.2, -0.15) is 0 Å². The molecule has 2 aromatic carbocycles. The summed E-state index contributed by atoms with van der Waals surface area (Å²) in [5.41, 5.74) is 2.75. The Morgan fingerprint density at radius 2 is 1.68 bits per heavy atom. The molecule has 6 rings (SSSR count). The molecule has 0 radical (unpaired) electrons. The summed E-state index contributed by atoms with van der Waals surface area (Å²) in [5, 5.41) is 3.03. The predicted molar refractivity (Wildman–Crippen MR) is 141 cm³/mol. The van der Waals surface area contributed by atoms with E-state index in [2.05, 4.69) is 15.3 Å². The number of ether oxygens (including phenoxy) is 2. The number of rotatable bonds is 8. The zero-order valence-corrected chi connectivity index (χ0v) is 21.4. The Morgan fingerprint density at radius 3 is 2.39 bits per heavy atom. The van der Waals surface area contributed by atoms with Crippen LogP contribution in [0.25, 0.3) is 0 Å². The van der Waals surface area contributed by atoms with Crippen molar-refractivity contribution in [1.29, 1.82) is 0 Å². The van der Waals surface area contributed by atoms with Crippen LogP contribution in [0.15, 0.2) is 66.9 Å². The molecule has 2 aliphatic heterocycles. The second kappa shape index (κ2) is 11.1. The Labute approximate surface area is 222 Å². The fourth-order valence-electron chi connectivity index (χ4n) is 5.45. The molecule has 0 bridgehead atoms. The summed E-state index contributed by atoms with van der Waals surface area (Å²) in [4.78, 5) is 36.5. The molecule has 2 amide bonds. The van der Waals surface area contributed by atoms with Crippen LogP contribution in [0, 0.1) is 5.92 Å². The third-order valence-corrected chi connectivity index (χ3v) is 7.74. The molecule has 2 unspecified atom stereocenters. The Kier molecular flexibility index (Phi) is 7.25. The average molecular weight is 515 g/mol. The van der Waals surface area contributed by atoms with E-state index in [1.54, 1.807) is 6.20 Å². The minimum Gasteiger partial charge on any atom is -0.368 e. The van der Waals surface area contributed by atoms with Crippen molar-refractivity contribution in [2.45, 2.75) is 56.4 Å². The lowest BCUT2D eigenvalue weighted by Gasteiger charge is -2.30. The molecule has 1 aromatic heterocycles. The number of carbonyl (C=O) groups is 2. The molecule has 1 aliphatic carbocycles. The number of likely N-dealkylation sites (tertiary alicyclic amines) is 1. The van der Waals surface area contributed by atoms with Gasteiger partial charge in [-0.15, -0.1) is 0 Å². The lowest BCUT2D eigenvalue weighted by atomic mass is 10.0. The van der Waals surface area contributed by atoms with Crippen molar-refractivity contribution in [3.8, 4) is 0 Å². The van der Waals surface area contributed by atoms with Crippen LogP contribution in [-0.2, 0) is 19.1 Å². The highest BCUT2D eigenvalue weighted by Crippen LogP contribution is 2.36. The number of nitrogens with one attached hydrogen (secondary N) is 2. The molecule has 8 heteroatoms. The van der Waals surface area contributed by atoms with Gasteiger partial charge < -0.3 is 24.7 Å². The van der Waals surface area contributed by atoms with E-state index in [0.29, 0.717) is 32.1 Å². The van der Waals surface area contributed by atoms with Gasteiger partial charge in [0.25, 0.3) is 0 Å². The summed E-state index contributed by atoms with van der Waals surface area (Å²) in [6.45, 7) is 1.52. The van der Waals surface area contributed by atoms with Gasteiger partial charge in [0.1, 0.15) is 24.1 Å². The minimum atomic E-state index is -0.706. The van der Waals surface area contributed by atoms with Crippen molar-refractivity contribution >= 4 is 11.8 Å². The highest BCUT2D eigenvalue weighted by Gasteiger charge is 2.38. The molecule has 198 valence electrons. The van der Waals surface area contributed by atoms with E-state index in [-0.39, 0.29) is 30.1 Å². The number of aromatic amines is 1. The second-order valence-electron chi connectivity index (χ2n) is 10.5. The van der Waals surface area contributed by atoms with Gasteiger partial charge in [-0.1, -0.05) is 60.7 Å². The summed E-state index contributed by atoms with van der Waals surface area (Å²) in [6, 6.07) is 18.7. The molecule has 2 saturated heterocycles. The summed E-state index contributed by atoms with van der Waals surface area (Å²) < 4.78 is 12.2. The topological polar surface area (TPSA) is 96.6 Å². The SMILES string of the molecule is O=C(CC1CC1)N[C@@H](C(=O)N1CCC[C@H]1c1ncc(C2COC(c3ccccc3)CO2)[nH]1)c1ccccc1. The van der Waals surface area contributed by atoms with Gasteiger partial charge in [-0.3, -0.25) is 9.59 Å². The Hall–Kier alpha value is -3.49. The zero-order valence-electron chi connectivity index (χ0n) is 21.4. The van der Waals surface area contributed by atoms with Gasteiger partial charge in [0.05, 0.1) is 31.1 Å². The number of amides is 2. The number of hydrogen-bond donors (Lipinski definition) is 2. The monoisotopic (exact) mass is 514 g/mol. The molecule has 4 atom stereocenters. The molecule has 3 aliphatic rings. The largest absolute Gasteiger partial charge is 0.368 e. The highest BCUT2D eigenvalue weighted by molar-refractivity contribution is 5.89. The van der Waals surface area contributed by atoms with Crippen LogP contribution in [0.4, 0.5) is 0 Å². The standard InChI is InChI=1S/C30H34N4O4/c35-27(16-20-13-14-20)33-28(22-10-5-2-6-11-22)30(36)34-15-7-12-24(34)29-31-17-23(32-29)26-19-37-25(18-38-26)21-8-3-1-4-9-21/h1-6,8-11,17,20,24-26,28H,7,12-16,18-19H2,(H,31,32)(H,33,35)/t24-,25?,26?,28+/m0/s1. The van der Waals surface area contributed by atoms with Gasteiger partial charge in [-0.05, 0) is 42.7 Å². The summed E-state index contributed by atoms with van der Waals surface area (Å²) >= 11 is 0. The Morgan fingerprint density at radius 1 is 0.974 bits per heavy atom. The maximum Gasteiger partial charge on any atom is 0.250 e. The van der Waals surface area contributed by atoms with Gasteiger partial charge in [-0.25, -0.2) is 4.98 Å².